The fraction of sp³-hybridized carbons (Fsp3) is 0.533. The highest BCUT2D eigenvalue weighted by Gasteiger charge is 2.29. The Labute approximate surface area is 117 Å². The Kier molecular flexibility index (Phi) is 2.93. The van der Waals surface area contributed by atoms with Crippen LogP contribution in [0.15, 0.2) is 24.3 Å². The predicted molar refractivity (Wildman–Crippen MR) is 81.0 cm³/mol. The molecule has 2 fully saturated rings. The average Bonchev–Trinajstić information content (AvgIpc) is 3.00. The molecule has 1 atom stereocenters. The van der Waals surface area contributed by atoms with Crippen molar-refractivity contribution in [1.82, 2.24) is 9.88 Å². The van der Waals surface area contributed by atoms with Crippen molar-refractivity contribution in [3.63, 3.8) is 0 Å². The van der Waals surface area contributed by atoms with Gasteiger partial charge in [0.1, 0.15) is 0 Å². The summed E-state index contributed by atoms with van der Waals surface area (Å²) in [4.78, 5) is 10.0. The number of para-hydroxylation sites is 1. The summed E-state index contributed by atoms with van der Waals surface area (Å²) in [6, 6.07) is 9.23. The molecule has 0 spiro atoms. The van der Waals surface area contributed by atoms with Gasteiger partial charge in [0.25, 0.3) is 0 Å². The van der Waals surface area contributed by atoms with Crippen LogP contribution in [0, 0.1) is 0 Å². The maximum Gasteiger partial charge on any atom is 0.186 e. The lowest BCUT2D eigenvalue weighted by molar-refractivity contribution is 0.273. The van der Waals surface area contributed by atoms with Gasteiger partial charge in [0.15, 0.2) is 5.13 Å². The molecule has 0 aliphatic carbocycles. The quantitative estimate of drug-likeness (QED) is 0.796. The summed E-state index contributed by atoms with van der Waals surface area (Å²) in [5.41, 5.74) is 1.15. The summed E-state index contributed by atoms with van der Waals surface area (Å²) in [6.07, 6.45) is 4.01. The van der Waals surface area contributed by atoms with Gasteiger partial charge in [-0.05, 0) is 37.9 Å². The molecule has 3 heterocycles. The van der Waals surface area contributed by atoms with E-state index in [0.29, 0.717) is 0 Å². The average molecular weight is 273 g/mol. The third-order valence-corrected chi connectivity index (χ3v) is 5.45. The van der Waals surface area contributed by atoms with Crippen LogP contribution in [0.4, 0.5) is 5.13 Å². The van der Waals surface area contributed by atoms with Crippen LogP contribution in [0.5, 0.6) is 0 Å². The van der Waals surface area contributed by atoms with Crippen molar-refractivity contribution >= 4 is 26.7 Å². The molecule has 4 rings (SSSR count). The minimum Gasteiger partial charge on any atom is -0.346 e. The monoisotopic (exact) mass is 273 g/mol. The largest absolute Gasteiger partial charge is 0.346 e. The van der Waals surface area contributed by atoms with Gasteiger partial charge in [-0.2, -0.15) is 0 Å². The van der Waals surface area contributed by atoms with Crippen molar-refractivity contribution in [3.8, 4) is 0 Å². The molecule has 3 nitrogen and oxygen atoms in total. The SMILES string of the molecule is c1ccc2sc(N3CCCN4CCCC4C3)nc2c1. The highest BCUT2D eigenvalue weighted by atomic mass is 32.1. The Morgan fingerprint density at radius 3 is 2.95 bits per heavy atom. The number of nitrogens with zero attached hydrogens (tertiary/aromatic N) is 3. The smallest absolute Gasteiger partial charge is 0.186 e. The van der Waals surface area contributed by atoms with Gasteiger partial charge in [-0.1, -0.05) is 23.5 Å². The lowest BCUT2D eigenvalue weighted by Crippen LogP contribution is -2.36. The topological polar surface area (TPSA) is 19.4 Å². The Balaban J connectivity index is 1.63. The third kappa shape index (κ3) is 2.13. The molecule has 1 unspecified atom stereocenters. The molecule has 4 heteroatoms. The zero-order valence-corrected chi connectivity index (χ0v) is 11.9. The molecular formula is C15H19N3S. The summed E-state index contributed by atoms with van der Waals surface area (Å²) in [7, 11) is 0. The lowest BCUT2D eigenvalue weighted by atomic mass is 10.2. The van der Waals surface area contributed by atoms with Crippen LogP contribution < -0.4 is 4.90 Å². The van der Waals surface area contributed by atoms with Crippen molar-refractivity contribution in [2.24, 2.45) is 0 Å². The van der Waals surface area contributed by atoms with Gasteiger partial charge in [0, 0.05) is 25.7 Å². The number of hydrogen-bond donors (Lipinski definition) is 0. The molecule has 0 amide bonds. The Bertz CT molecular complexity index is 547. The maximum absolute atomic E-state index is 4.82. The van der Waals surface area contributed by atoms with E-state index >= 15 is 0 Å². The van der Waals surface area contributed by atoms with Crippen LogP contribution in [0.25, 0.3) is 10.2 Å². The fourth-order valence-electron chi connectivity index (χ4n) is 3.38. The van der Waals surface area contributed by atoms with Gasteiger partial charge in [-0.15, -0.1) is 0 Å². The van der Waals surface area contributed by atoms with Crippen LogP contribution in [-0.2, 0) is 0 Å². The Hall–Kier alpha value is -1.13. The second-order valence-corrected chi connectivity index (χ2v) is 6.60. The molecule has 0 radical (unpaired) electrons. The van der Waals surface area contributed by atoms with Crippen molar-refractivity contribution in [2.75, 3.05) is 31.1 Å². The van der Waals surface area contributed by atoms with Crippen LogP contribution >= 0.6 is 11.3 Å². The summed E-state index contributed by atoms with van der Waals surface area (Å²) in [5, 5.41) is 1.22. The summed E-state index contributed by atoms with van der Waals surface area (Å²) in [6.45, 7) is 4.90. The van der Waals surface area contributed by atoms with Gasteiger partial charge in [0.05, 0.1) is 10.2 Å². The number of hydrogen-bond acceptors (Lipinski definition) is 4. The molecule has 0 saturated carbocycles. The normalized spacial score (nSPS) is 24.6. The second kappa shape index (κ2) is 4.76. The molecule has 2 aliphatic heterocycles. The van der Waals surface area contributed by atoms with Crippen molar-refractivity contribution in [2.45, 2.75) is 25.3 Å². The van der Waals surface area contributed by atoms with Crippen LogP contribution in [0.2, 0.25) is 0 Å². The zero-order chi connectivity index (χ0) is 12.7. The van der Waals surface area contributed by atoms with Crippen LogP contribution in [0.3, 0.4) is 0 Å². The van der Waals surface area contributed by atoms with E-state index in [-0.39, 0.29) is 0 Å². The molecule has 1 aromatic carbocycles. The molecular weight excluding hydrogens is 254 g/mol. The number of anilines is 1. The molecule has 1 aromatic heterocycles. The van der Waals surface area contributed by atoms with E-state index in [4.69, 9.17) is 4.98 Å². The van der Waals surface area contributed by atoms with E-state index in [1.54, 1.807) is 0 Å². The molecule has 19 heavy (non-hydrogen) atoms. The standard InChI is InChI=1S/C15H19N3S/c1-2-7-14-13(6-1)16-15(19-14)18-10-4-9-17-8-3-5-12(17)11-18/h1-2,6-7,12H,3-5,8-11H2. The zero-order valence-electron chi connectivity index (χ0n) is 11.1. The highest BCUT2D eigenvalue weighted by molar-refractivity contribution is 7.22. The van der Waals surface area contributed by atoms with Gasteiger partial charge in [0.2, 0.25) is 0 Å². The van der Waals surface area contributed by atoms with Gasteiger partial charge in [-0.3, -0.25) is 4.90 Å². The number of aromatic nitrogens is 1. The second-order valence-electron chi connectivity index (χ2n) is 5.60. The first-order valence-corrected chi connectivity index (χ1v) is 8.06. The summed E-state index contributed by atoms with van der Waals surface area (Å²) < 4.78 is 1.31. The molecule has 0 bridgehead atoms. The van der Waals surface area contributed by atoms with Crippen molar-refractivity contribution in [1.29, 1.82) is 0 Å². The number of rotatable bonds is 1. The van der Waals surface area contributed by atoms with Gasteiger partial charge < -0.3 is 4.90 Å². The van der Waals surface area contributed by atoms with E-state index in [1.165, 1.54) is 48.7 Å². The van der Waals surface area contributed by atoms with E-state index < -0.39 is 0 Å². The number of benzene rings is 1. The highest BCUT2D eigenvalue weighted by Crippen LogP contribution is 2.31. The minimum atomic E-state index is 0.759. The van der Waals surface area contributed by atoms with Crippen molar-refractivity contribution in [3.05, 3.63) is 24.3 Å². The predicted octanol–water partition coefficient (Wildman–Crippen LogP) is 2.97. The third-order valence-electron chi connectivity index (χ3n) is 4.36. The van der Waals surface area contributed by atoms with Gasteiger partial charge in [-0.25, -0.2) is 4.98 Å². The molecule has 100 valence electrons. The first-order valence-electron chi connectivity index (χ1n) is 7.25. The first kappa shape index (κ1) is 11.7. The van der Waals surface area contributed by atoms with E-state index in [9.17, 15) is 0 Å². The van der Waals surface area contributed by atoms with E-state index in [1.807, 2.05) is 11.3 Å². The molecule has 2 saturated heterocycles. The van der Waals surface area contributed by atoms with E-state index in [0.717, 1.165) is 18.1 Å². The minimum absolute atomic E-state index is 0.759. The number of thiazole rings is 1. The lowest BCUT2D eigenvalue weighted by Gasteiger charge is -2.25. The van der Waals surface area contributed by atoms with Crippen molar-refractivity contribution < 1.29 is 0 Å². The van der Waals surface area contributed by atoms with Crippen LogP contribution in [0.1, 0.15) is 19.3 Å². The molecule has 0 N–H and O–H groups in total. The number of fused-ring (bicyclic) bond motifs is 2. The summed E-state index contributed by atoms with van der Waals surface area (Å²) in [5.74, 6) is 0. The van der Waals surface area contributed by atoms with Crippen LogP contribution in [-0.4, -0.2) is 42.1 Å². The molecule has 2 aromatic rings. The molecule has 2 aliphatic rings. The fourth-order valence-corrected chi connectivity index (χ4v) is 4.38. The van der Waals surface area contributed by atoms with E-state index in [2.05, 4.69) is 34.1 Å². The first-order chi connectivity index (χ1) is 9.40. The maximum atomic E-state index is 4.82. The Morgan fingerprint density at radius 2 is 2.00 bits per heavy atom. The van der Waals surface area contributed by atoms with Gasteiger partial charge >= 0.3 is 0 Å². The Morgan fingerprint density at radius 1 is 1.11 bits per heavy atom. The summed E-state index contributed by atoms with van der Waals surface area (Å²) >= 11 is 1.84.